The number of aliphatic hydroxyl groups is 1. The van der Waals surface area contributed by atoms with Crippen LogP contribution in [0.5, 0.6) is 0 Å². The van der Waals surface area contributed by atoms with Gasteiger partial charge in [-0.25, -0.2) is 4.79 Å². The third-order valence-electron chi connectivity index (χ3n) is 6.82. The van der Waals surface area contributed by atoms with E-state index in [1.54, 1.807) is 6.92 Å². The summed E-state index contributed by atoms with van der Waals surface area (Å²) < 4.78 is 27.6. The highest BCUT2D eigenvalue weighted by Crippen LogP contribution is 2.30. The van der Waals surface area contributed by atoms with Gasteiger partial charge in [0.2, 0.25) is 8.46 Å². The molecule has 0 radical (unpaired) electrons. The maximum atomic E-state index is 12.0. The minimum Gasteiger partial charge on any atom is -0.461 e. The Morgan fingerprint density at radius 1 is 0.811 bits per heavy atom. The van der Waals surface area contributed by atoms with E-state index in [1.807, 2.05) is 6.92 Å². The fourth-order valence-electron chi connectivity index (χ4n) is 4.58. The molecule has 0 aliphatic carbocycles. The lowest BCUT2D eigenvalue weighted by molar-refractivity contribution is -0.258. The van der Waals surface area contributed by atoms with Gasteiger partial charge in [0.25, 0.3) is 0 Å². The quantitative estimate of drug-likeness (QED) is 0.0340. The molecule has 0 saturated carbocycles. The largest absolute Gasteiger partial charge is 0.461 e. The fourth-order valence-corrected chi connectivity index (χ4v) is 5.31. The molecule has 0 aromatic rings. The molecule has 0 aliphatic heterocycles. The van der Waals surface area contributed by atoms with Crippen LogP contribution in [0.15, 0.2) is 0 Å². The van der Waals surface area contributed by atoms with Crippen LogP contribution >= 0.6 is 21.1 Å². The van der Waals surface area contributed by atoms with Crippen LogP contribution in [-0.4, -0.2) is 34.9 Å². The van der Waals surface area contributed by atoms with Gasteiger partial charge in [-0.1, -0.05) is 130 Å². The van der Waals surface area contributed by atoms with Crippen LogP contribution < -0.4 is 0 Å². The molecule has 0 fully saturated rings. The fraction of sp³-hybridized carbons (Fsp3) is 0.966. The maximum absolute atomic E-state index is 12.0. The Labute approximate surface area is 235 Å². The minimum absolute atomic E-state index is 0.0475. The molecular formula is C29H57O6PS. The molecule has 0 aromatic carbocycles. The van der Waals surface area contributed by atoms with Gasteiger partial charge in [0.15, 0.2) is 6.29 Å². The van der Waals surface area contributed by atoms with Crippen molar-refractivity contribution in [3.63, 3.8) is 0 Å². The van der Waals surface area contributed by atoms with Crippen LogP contribution in [-0.2, 0) is 23.6 Å². The van der Waals surface area contributed by atoms with Crippen molar-refractivity contribution in [2.45, 2.75) is 167 Å². The summed E-state index contributed by atoms with van der Waals surface area (Å²) in [6, 6.07) is 0. The molecule has 0 rings (SSSR count). The zero-order valence-electron chi connectivity index (χ0n) is 24.3. The summed E-state index contributed by atoms with van der Waals surface area (Å²) in [6.45, 7) is 7.97. The summed E-state index contributed by atoms with van der Waals surface area (Å²) in [4.78, 5) is 12.0. The Morgan fingerprint density at radius 2 is 1.27 bits per heavy atom. The number of carbonyl (C=O) groups is 1. The number of hydrogen-bond acceptors (Lipinski definition) is 7. The van der Waals surface area contributed by atoms with E-state index in [2.05, 4.69) is 26.5 Å². The predicted octanol–water partition coefficient (Wildman–Crippen LogP) is 9.19. The van der Waals surface area contributed by atoms with E-state index in [0.717, 1.165) is 19.3 Å². The van der Waals surface area contributed by atoms with Crippen molar-refractivity contribution in [2.24, 2.45) is 5.92 Å². The topological polar surface area (TPSA) is 82.1 Å². The second-order valence-electron chi connectivity index (χ2n) is 10.2. The van der Waals surface area contributed by atoms with E-state index in [0.29, 0.717) is 12.3 Å². The zero-order valence-corrected chi connectivity index (χ0v) is 26.0. The molecule has 0 amide bonds. The number of hydrogen-bond donors (Lipinski definition) is 2. The van der Waals surface area contributed by atoms with E-state index in [9.17, 15) is 14.5 Å². The molecule has 0 aliphatic rings. The SMILES string of the molecule is CCCCCCCCCCC(CCCCCCCCC)CC(S)OC(CC)OC(O)(P=O)C(=O)OCC. The van der Waals surface area contributed by atoms with Gasteiger partial charge >= 0.3 is 11.5 Å². The van der Waals surface area contributed by atoms with Crippen LogP contribution in [0.3, 0.4) is 0 Å². The highest BCUT2D eigenvalue weighted by Gasteiger charge is 2.43. The molecule has 0 bridgehead atoms. The Hall–Kier alpha value is -0.200. The van der Waals surface area contributed by atoms with Gasteiger partial charge in [0.05, 0.1) is 6.61 Å². The molecule has 0 heterocycles. The van der Waals surface area contributed by atoms with Crippen molar-refractivity contribution in [1.29, 1.82) is 0 Å². The summed E-state index contributed by atoms with van der Waals surface area (Å²) >= 11 is 4.67. The third-order valence-corrected chi connectivity index (χ3v) is 7.69. The van der Waals surface area contributed by atoms with E-state index >= 15 is 0 Å². The molecule has 6 nitrogen and oxygen atoms in total. The summed E-state index contributed by atoms with van der Waals surface area (Å²) in [5.41, 5.74) is -2.97. The zero-order chi connectivity index (χ0) is 27.8. The van der Waals surface area contributed by atoms with Gasteiger partial charge in [-0.2, -0.15) is 0 Å². The first-order chi connectivity index (χ1) is 17.9. The van der Waals surface area contributed by atoms with Crippen molar-refractivity contribution in [3.8, 4) is 0 Å². The summed E-state index contributed by atoms with van der Waals surface area (Å²) in [5, 5.41) is 10.3. The number of thiol groups is 1. The lowest BCUT2D eigenvalue weighted by Gasteiger charge is -2.28. The number of rotatable bonds is 27. The lowest BCUT2D eigenvalue weighted by Crippen LogP contribution is -2.42. The molecule has 8 heteroatoms. The molecule has 4 unspecified atom stereocenters. The molecule has 220 valence electrons. The number of esters is 1. The van der Waals surface area contributed by atoms with E-state index in [4.69, 9.17) is 14.2 Å². The normalized spacial score (nSPS) is 15.8. The lowest BCUT2D eigenvalue weighted by atomic mass is 9.91. The van der Waals surface area contributed by atoms with Gasteiger partial charge in [0, 0.05) is 0 Å². The van der Waals surface area contributed by atoms with Gasteiger partial charge in [-0.15, -0.1) is 12.6 Å². The molecule has 1 N–H and O–H groups in total. The van der Waals surface area contributed by atoms with Crippen molar-refractivity contribution >= 4 is 27.1 Å². The number of carbonyl (C=O) groups excluding carboxylic acids is 1. The van der Waals surface area contributed by atoms with Crippen LogP contribution in [0, 0.1) is 5.92 Å². The third kappa shape index (κ3) is 19.5. The Bertz CT molecular complexity index is 552. The molecular weight excluding hydrogens is 507 g/mol. The molecule has 37 heavy (non-hydrogen) atoms. The minimum atomic E-state index is -2.57. The molecule has 4 atom stereocenters. The van der Waals surface area contributed by atoms with Gasteiger partial charge in [-0.05, 0) is 25.7 Å². The summed E-state index contributed by atoms with van der Waals surface area (Å²) in [7, 11) is -0.883. The van der Waals surface area contributed by atoms with Crippen LogP contribution in [0.4, 0.5) is 0 Å². The van der Waals surface area contributed by atoms with Crippen LogP contribution in [0.2, 0.25) is 0 Å². The van der Waals surface area contributed by atoms with Crippen molar-refractivity contribution in [1.82, 2.24) is 0 Å². The highest BCUT2D eigenvalue weighted by molar-refractivity contribution is 7.80. The highest BCUT2D eigenvalue weighted by atomic mass is 32.1. The van der Waals surface area contributed by atoms with E-state index in [-0.39, 0.29) is 6.61 Å². The van der Waals surface area contributed by atoms with Gasteiger partial charge < -0.3 is 19.3 Å². The Morgan fingerprint density at radius 3 is 1.68 bits per heavy atom. The molecule has 0 spiro atoms. The van der Waals surface area contributed by atoms with Gasteiger partial charge in [-0.3, -0.25) is 4.57 Å². The van der Waals surface area contributed by atoms with E-state index in [1.165, 1.54) is 96.3 Å². The monoisotopic (exact) mass is 564 g/mol. The first-order valence-corrected chi connectivity index (χ1v) is 16.4. The smallest absolute Gasteiger partial charge is 0.379 e. The van der Waals surface area contributed by atoms with Crippen LogP contribution in [0.1, 0.15) is 150 Å². The summed E-state index contributed by atoms with van der Waals surface area (Å²) in [5.74, 6) is -0.576. The maximum Gasteiger partial charge on any atom is 0.379 e. The van der Waals surface area contributed by atoms with Crippen molar-refractivity contribution < 1.29 is 28.7 Å². The van der Waals surface area contributed by atoms with Crippen LogP contribution in [0.25, 0.3) is 0 Å². The second kappa shape index (κ2) is 24.8. The second-order valence-corrected chi connectivity index (χ2v) is 11.6. The van der Waals surface area contributed by atoms with Crippen molar-refractivity contribution in [2.75, 3.05) is 6.61 Å². The Balaban J connectivity index is 4.72. The summed E-state index contributed by atoms with van der Waals surface area (Å²) in [6.07, 6.45) is 22.1. The number of ether oxygens (including phenoxy) is 3. The standard InChI is InChI=1S/C29H57O6PS/c1-5-9-11-13-15-17-19-21-23-25(22-20-18-16-14-12-10-6-2)24-27(37)34-26(7-3)35-29(31,36-32)28(30)33-8-4/h25-27,31,37H,5-24H2,1-4H3. The predicted molar refractivity (Wildman–Crippen MR) is 156 cm³/mol. The number of unbranched alkanes of at least 4 members (excludes halogenated alkanes) is 13. The average molecular weight is 565 g/mol. The van der Waals surface area contributed by atoms with E-state index < -0.39 is 31.7 Å². The van der Waals surface area contributed by atoms with Gasteiger partial charge in [0.1, 0.15) is 5.44 Å². The first-order valence-electron chi connectivity index (χ1n) is 15.1. The molecule has 0 saturated heterocycles. The van der Waals surface area contributed by atoms with Crippen molar-refractivity contribution in [3.05, 3.63) is 0 Å². The average Bonchev–Trinajstić information content (AvgIpc) is 2.88. The Kier molecular flexibility index (Phi) is 24.7. The molecule has 0 aromatic heterocycles. The first kappa shape index (κ1) is 36.8.